The quantitative estimate of drug-likeness (QED) is 0.417. The average Bonchev–Trinajstić information content (AvgIpc) is 3.45. The van der Waals surface area contributed by atoms with Crippen LogP contribution in [0.1, 0.15) is 27.7 Å². The number of halogens is 1. The second-order valence-corrected chi connectivity index (χ2v) is 8.22. The monoisotopic (exact) mass is 448 g/mol. The summed E-state index contributed by atoms with van der Waals surface area (Å²) in [4.78, 5) is 15.2. The smallest absolute Gasteiger partial charge is 0.255 e. The number of benzene rings is 2. The van der Waals surface area contributed by atoms with Crippen LogP contribution in [0.3, 0.4) is 0 Å². The van der Waals surface area contributed by atoms with Gasteiger partial charge >= 0.3 is 0 Å². The largest absolute Gasteiger partial charge is 0.468 e. The molecule has 4 aromatic rings. The van der Waals surface area contributed by atoms with Crippen LogP contribution in [0.15, 0.2) is 83.6 Å². The van der Waals surface area contributed by atoms with Gasteiger partial charge in [-0.1, -0.05) is 54.1 Å². The molecule has 2 aromatic heterocycles. The summed E-state index contributed by atoms with van der Waals surface area (Å²) < 4.78 is 7.34. The number of aromatic nitrogens is 2. The number of nitrogens with zero attached hydrogens (tertiary/aromatic N) is 3. The van der Waals surface area contributed by atoms with Crippen LogP contribution in [0, 0.1) is 0 Å². The highest BCUT2D eigenvalue weighted by Crippen LogP contribution is 2.25. The van der Waals surface area contributed by atoms with Gasteiger partial charge in [-0.25, -0.2) is 0 Å². The Bertz CT molecular complexity index is 1150. The molecule has 0 radical (unpaired) electrons. The Balaban J connectivity index is 1.60. The van der Waals surface area contributed by atoms with Crippen LogP contribution in [0.2, 0.25) is 5.02 Å². The summed E-state index contributed by atoms with van der Waals surface area (Å²) >= 11 is 6.06. The number of carbonyl (C=O) groups excluding carboxylic acids is 1. The van der Waals surface area contributed by atoms with Gasteiger partial charge in [0.25, 0.3) is 5.91 Å². The zero-order valence-electron chi connectivity index (χ0n) is 18.0. The molecule has 0 saturated carbocycles. The normalized spacial score (nSPS) is 12.1. The molecule has 0 aliphatic heterocycles. The molecule has 2 aromatic carbocycles. The molecule has 1 atom stereocenters. The molecule has 0 aliphatic rings. The van der Waals surface area contributed by atoms with Crippen molar-refractivity contribution < 1.29 is 9.21 Å². The zero-order valence-corrected chi connectivity index (χ0v) is 18.8. The molecule has 4 rings (SSSR count). The Kier molecular flexibility index (Phi) is 6.73. The van der Waals surface area contributed by atoms with Crippen LogP contribution in [0.4, 0.5) is 0 Å². The Morgan fingerprint density at radius 3 is 2.50 bits per heavy atom. The van der Waals surface area contributed by atoms with Gasteiger partial charge in [0, 0.05) is 23.3 Å². The van der Waals surface area contributed by atoms with Crippen LogP contribution in [0.5, 0.6) is 0 Å². The fraction of sp³-hybridized carbons (Fsp3) is 0.200. The highest BCUT2D eigenvalue weighted by atomic mass is 35.5. The third-order valence-corrected chi connectivity index (χ3v) is 5.51. The maximum atomic E-state index is 13.2. The maximum absolute atomic E-state index is 13.2. The summed E-state index contributed by atoms with van der Waals surface area (Å²) in [6, 6.07) is 21.1. The van der Waals surface area contributed by atoms with Gasteiger partial charge in [0.2, 0.25) is 0 Å². The molecule has 0 aliphatic carbocycles. The van der Waals surface area contributed by atoms with E-state index in [1.807, 2.05) is 73.6 Å². The van der Waals surface area contributed by atoms with E-state index in [2.05, 4.69) is 5.32 Å². The Morgan fingerprint density at radius 2 is 1.84 bits per heavy atom. The van der Waals surface area contributed by atoms with Crippen molar-refractivity contribution in [3.63, 3.8) is 0 Å². The summed E-state index contributed by atoms with van der Waals surface area (Å²) in [6.07, 6.45) is 3.43. The van der Waals surface area contributed by atoms with E-state index in [0.29, 0.717) is 29.4 Å². The van der Waals surface area contributed by atoms with Gasteiger partial charge in [0.1, 0.15) is 11.5 Å². The molecule has 6 nitrogen and oxygen atoms in total. The minimum absolute atomic E-state index is 0.0766. The first-order valence-electron chi connectivity index (χ1n) is 10.4. The highest BCUT2D eigenvalue weighted by Gasteiger charge is 2.22. The summed E-state index contributed by atoms with van der Waals surface area (Å²) in [5.74, 6) is 0.612. The van der Waals surface area contributed by atoms with Crippen molar-refractivity contribution >= 4 is 17.5 Å². The number of nitrogens with one attached hydrogen (secondary N) is 1. The van der Waals surface area contributed by atoms with Crippen LogP contribution in [-0.2, 0) is 6.54 Å². The van der Waals surface area contributed by atoms with Crippen molar-refractivity contribution in [2.24, 2.45) is 0 Å². The van der Waals surface area contributed by atoms with Crippen molar-refractivity contribution in [2.75, 3.05) is 20.6 Å². The Morgan fingerprint density at radius 1 is 1.09 bits per heavy atom. The molecule has 0 spiro atoms. The molecule has 7 heteroatoms. The molecular formula is C25H25ClN4O2. The number of rotatable bonds is 8. The van der Waals surface area contributed by atoms with Gasteiger partial charge in [-0.2, -0.15) is 5.10 Å². The maximum Gasteiger partial charge on any atom is 0.255 e. The van der Waals surface area contributed by atoms with Crippen LogP contribution < -0.4 is 5.32 Å². The highest BCUT2D eigenvalue weighted by molar-refractivity contribution is 6.30. The van der Waals surface area contributed by atoms with Gasteiger partial charge in [-0.05, 0) is 43.9 Å². The summed E-state index contributed by atoms with van der Waals surface area (Å²) in [5, 5.41) is 8.40. The average molecular weight is 449 g/mol. The first-order chi connectivity index (χ1) is 15.5. The van der Waals surface area contributed by atoms with Gasteiger partial charge in [0.15, 0.2) is 0 Å². The van der Waals surface area contributed by atoms with Crippen molar-refractivity contribution in [3.8, 4) is 11.3 Å². The van der Waals surface area contributed by atoms with Crippen molar-refractivity contribution in [1.29, 1.82) is 0 Å². The van der Waals surface area contributed by atoms with E-state index in [-0.39, 0.29) is 11.9 Å². The number of carbonyl (C=O) groups is 1. The predicted molar refractivity (Wildman–Crippen MR) is 126 cm³/mol. The minimum Gasteiger partial charge on any atom is -0.468 e. The molecule has 0 fully saturated rings. The first kappa shape index (κ1) is 21.9. The number of amides is 1. The molecule has 1 amide bonds. The van der Waals surface area contributed by atoms with E-state index in [9.17, 15) is 4.79 Å². The fourth-order valence-electron chi connectivity index (χ4n) is 3.56. The molecular weight excluding hydrogens is 424 g/mol. The van der Waals surface area contributed by atoms with E-state index in [0.717, 1.165) is 16.9 Å². The SMILES string of the molecule is CN(C)C(CNC(=O)c1cn(Cc2ccccc2)nc1-c1ccc(Cl)cc1)c1ccco1. The summed E-state index contributed by atoms with van der Waals surface area (Å²) in [6.45, 7) is 0.977. The number of furan rings is 1. The van der Waals surface area contributed by atoms with Gasteiger partial charge in [-0.3, -0.25) is 14.4 Å². The van der Waals surface area contributed by atoms with Crippen molar-refractivity contribution in [3.05, 3.63) is 101 Å². The fourth-order valence-corrected chi connectivity index (χ4v) is 3.69. The molecule has 2 heterocycles. The molecule has 1 unspecified atom stereocenters. The summed E-state index contributed by atoms with van der Waals surface area (Å²) in [7, 11) is 3.91. The lowest BCUT2D eigenvalue weighted by atomic mass is 10.1. The van der Waals surface area contributed by atoms with Crippen LogP contribution >= 0.6 is 11.6 Å². The van der Waals surface area contributed by atoms with E-state index < -0.39 is 0 Å². The summed E-state index contributed by atoms with van der Waals surface area (Å²) in [5.41, 5.74) is 3.08. The van der Waals surface area contributed by atoms with E-state index >= 15 is 0 Å². The van der Waals surface area contributed by atoms with Gasteiger partial charge in [-0.15, -0.1) is 0 Å². The Hall–Kier alpha value is -3.35. The third kappa shape index (κ3) is 5.10. The number of likely N-dealkylation sites (N-methyl/N-ethyl adjacent to an activating group) is 1. The van der Waals surface area contributed by atoms with Crippen molar-refractivity contribution in [2.45, 2.75) is 12.6 Å². The molecule has 164 valence electrons. The van der Waals surface area contributed by atoms with E-state index in [4.69, 9.17) is 21.1 Å². The van der Waals surface area contributed by atoms with Gasteiger partial charge in [0.05, 0.1) is 24.4 Å². The molecule has 0 saturated heterocycles. The topological polar surface area (TPSA) is 63.3 Å². The Labute approximate surface area is 192 Å². The molecule has 1 N–H and O–H groups in total. The number of hydrogen-bond acceptors (Lipinski definition) is 4. The lowest BCUT2D eigenvalue weighted by Gasteiger charge is -2.22. The van der Waals surface area contributed by atoms with E-state index in [1.54, 1.807) is 29.3 Å². The standard InChI is InChI=1S/C25H25ClN4O2/c1-29(2)22(23-9-6-14-32-23)15-27-25(31)21-17-30(16-18-7-4-3-5-8-18)28-24(21)19-10-12-20(26)13-11-19/h3-14,17,22H,15-16H2,1-2H3,(H,27,31). The van der Waals surface area contributed by atoms with E-state index in [1.165, 1.54) is 0 Å². The first-order valence-corrected chi connectivity index (χ1v) is 10.7. The zero-order chi connectivity index (χ0) is 22.5. The second kappa shape index (κ2) is 9.85. The van der Waals surface area contributed by atoms with Crippen LogP contribution in [-0.4, -0.2) is 41.2 Å². The molecule has 0 bridgehead atoms. The number of hydrogen-bond donors (Lipinski definition) is 1. The minimum atomic E-state index is -0.187. The lowest BCUT2D eigenvalue weighted by molar-refractivity contribution is 0.0939. The third-order valence-electron chi connectivity index (χ3n) is 5.26. The second-order valence-electron chi connectivity index (χ2n) is 7.79. The van der Waals surface area contributed by atoms with Gasteiger partial charge < -0.3 is 9.73 Å². The predicted octanol–water partition coefficient (Wildman–Crippen LogP) is 4.88. The van der Waals surface area contributed by atoms with Crippen molar-refractivity contribution in [1.82, 2.24) is 20.0 Å². The lowest BCUT2D eigenvalue weighted by Crippen LogP contribution is -2.34. The molecule has 32 heavy (non-hydrogen) atoms. The van der Waals surface area contributed by atoms with Crippen LogP contribution in [0.25, 0.3) is 11.3 Å².